The first-order valence-electron chi connectivity index (χ1n) is 3.98. The van der Waals surface area contributed by atoms with E-state index in [1.165, 1.54) is 0 Å². The zero-order valence-corrected chi connectivity index (χ0v) is 10.1. The van der Waals surface area contributed by atoms with Crippen molar-refractivity contribution in [3.05, 3.63) is 0 Å². The SMILES string of the molecule is CN(CCC(=O)O)C(P(=O)(O)O)P(=O)(O)O. The van der Waals surface area contributed by atoms with E-state index in [0.717, 1.165) is 7.05 Å². The zero-order valence-electron chi connectivity index (χ0n) is 8.29. The molecule has 11 heteroatoms. The van der Waals surface area contributed by atoms with Crippen molar-refractivity contribution in [3.63, 3.8) is 0 Å². The number of hydrogen-bond donors (Lipinski definition) is 5. The van der Waals surface area contributed by atoms with Crippen LogP contribution in [0.1, 0.15) is 6.42 Å². The summed E-state index contributed by atoms with van der Waals surface area (Å²) in [6.07, 6.45) is -0.479. The van der Waals surface area contributed by atoms with E-state index in [4.69, 9.17) is 24.7 Å². The fourth-order valence-electron chi connectivity index (χ4n) is 1.10. The molecule has 0 aliphatic carbocycles. The van der Waals surface area contributed by atoms with E-state index in [1.54, 1.807) is 0 Å². The first kappa shape index (κ1) is 15.7. The Bertz CT molecular complexity index is 322. The van der Waals surface area contributed by atoms with Crippen LogP contribution in [-0.4, -0.2) is 54.7 Å². The number of carbonyl (C=O) groups is 1. The van der Waals surface area contributed by atoms with Gasteiger partial charge in [0.05, 0.1) is 6.42 Å². The standard InChI is InChI=1S/C5H13NO8P2/c1-6(3-2-4(7)8)5(15(9,10)11)16(12,13)14/h5H,2-3H2,1H3,(H,7,8)(H2,9,10,11)(H2,12,13,14). The second-order valence-electron chi connectivity index (χ2n) is 3.15. The van der Waals surface area contributed by atoms with Crippen LogP contribution >= 0.6 is 15.2 Å². The molecule has 0 aromatic carbocycles. The van der Waals surface area contributed by atoms with Crippen molar-refractivity contribution < 1.29 is 38.6 Å². The zero-order chi connectivity index (χ0) is 13.1. The smallest absolute Gasteiger partial charge is 0.354 e. The summed E-state index contributed by atoms with van der Waals surface area (Å²) in [5, 5.41) is 8.33. The maximum atomic E-state index is 10.9. The summed E-state index contributed by atoms with van der Waals surface area (Å²) in [4.78, 5) is 46.0. The van der Waals surface area contributed by atoms with Crippen LogP contribution in [-0.2, 0) is 13.9 Å². The van der Waals surface area contributed by atoms with Crippen molar-refractivity contribution in [1.82, 2.24) is 4.90 Å². The molecule has 0 aromatic rings. The normalized spacial score (nSPS) is 13.4. The lowest BCUT2D eigenvalue weighted by atomic mass is 10.4. The molecule has 0 radical (unpaired) electrons. The average Bonchev–Trinajstić information content (AvgIpc) is 1.94. The molecule has 0 aromatic heterocycles. The number of carboxylic acids is 1. The maximum absolute atomic E-state index is 10.9. The van der Waals surface area contributed by atoms with Gasteiger partial charge in [-0.1, -0.05) is 0 Å². The third-order valence-electron chi connectivity index (χ3n) is 1.67. The average molecular weight is 277 g/mol. The van der Waals surface area contributed by atoms with E-state index < -0.39 is 33.1 Å². The molecule has 0 saturated heterocycles. The van der Waals surface area contributed by atoms with Crippen molar-refractivity contribution in [2.75, 3.05) is 13.6 Å². The van der Waals surface area contributed by atoms with E-state index in [0.29, 0.717) is 4.90 Å². The second kappa shape index (κ2) is 5.37. The number of hydrogen-bond acceptors (Lipinski definition) is 4. The molecule has 0 spiro atoms. The molecule has 0 amide bonds. The van der Waals surface area contributed by atoms with Gasteiger partial charge in [-0.2, -0.15) is 0 Å². The minimum Gasteiger partial charge on any atom is -0.481 e. The Morgan fingerprint density at radius 1 is 1.19 bits per heavy atom. The van der Waals surface area contributed by atoms with Gasteiger partial charge in [-0.25, -0.2) is 0 Å². The quantitative estimate of drug-likeness (QED) is 0.385. The molecular weight excluding hydrogens is 264 g/mol. The van der Waals surface area contributed by atoms with Crippen LogP contribution in [0, 0.1) is 0 Å². The third kappa shape index (κ3) is 5.18. The van der Waals surface area contributed by atoms with Crippen molar-refractivity contribution in [2.45, 2.75) is 11.9 Å². The van der Waals surface area contributed by atoms with Gasteiger partial charge in [-0.05, 0) is 7.05 Å². The highest BCUT2D eigenvalue weighted by Crippen LogP contribution is 2.60. The summed E-state index contributed by atoms with van der Waals surface area (Å²) in [5.41, 5.74) is -2.31. The van der Waals surface area contributed by atoms with Gasteiger partial charge in [0.15, 0.2) is 0 Å². The minimum absolute atomic E-state index is 0.379. The van der Waals surface area contributed by atoms with Crippen LogP contribution in [0.15, 0.2) is 0 Å². The molecule has 0 atom stereocenters. The van der Waals surface area contributed by atoms with Crippen LogP contribution < -0.4 is 0 Å². The molecule has 0 bridgehead atoms. The first-order valence-corrected chi connectivity index (χ1v) is 7.35. The van der Waals surface area contributed by atoms with Crippen molar-refractivity contribution in [3.8, 4) is 0 Å². The van der Waals surface area contributed by atoms with E-state index in [1.807, 2.05) is 0 Å². The summed E-state index contributed by atoms with van der Waals surface area (Å²) in [7, 11) is -9.05. The monoisotopic (exact) mass is 277 g/mol. The Kier molecular flexibility index (Phi) is 5.28. The summed E-state index contributed by atoms with van der Waals surface area (Å²) in [5.74, 6) is -1.23. The van der Waals surface area contributed by atoms with Gasteiger partial charge in [-0.15, -0.1) is 0 Å². The lowest BCUT2D eigenvalue weighted by molar-refractivity contribution is -0.137. The predicted molar refractivity (Wildman–Crippen MR) is 52.8 cm³/mol. The molecule has 0 heterocycles. The summed E-state index contributed by atoms with van der Waals surface area (Å²) >= 11 is 0. The van der Waals surface area contributed by atoms with Crippen molar-refractivity contribution >= 4 is 21.2 Å². The van der Waals surface area contributed by atoms with Crippen LogP contribution in [0.3, 0.4) is 0 Å². The van der Waals surface area contributed by atoms with Gasteiger partial charge in [-0.3, -0.25) is 18.8 Å². The molecule has 0 saturated carbocycles. The molecule has 0 fully saturated rings. The summed E-state index contributed by atoms with van der Waals surface area (Å²) in [6, 6.07) is 0. The van der Waals surface area contributed by atoms with Gasteiger partial charge < -0.3 is 24.7 Å². The molecule has 9 nitrogen and oxygen atoms in total. The van der Waals surface area contributed by atoms with Crippen molar-refractivity contribution in [2.24, 2.45) is 0 Å². The Labute approximate surface area is 91.0 Å². The number of rotatable bonds is 6. The molecule has 16 heavy (non-hydrogen) atoms. The number of nitrogens with zero attached hydrogens (tertiary/aromatic N) is 1. The van der Waals surface area contributed by atoms with Crippen molar-refractivity contribution in [1.29, 1.82) is 0 Å². The Morgan fingerprint density at radius 3 is 1.81 bits per heavy atom. The first-order chi connectivity index (χ1) is 6.96. The van der Waals surface area contributed by atoms with Gasteiger partial charge in [0.25, 0.3) is 0 Å². The van der Waals surface area contributed by atoms with Gasteiger partial charge in [0, 0.05) is 6.54 Å². The minimum atomic E-state index is -5.04. The molecule has 96 valence electrons. The topological polar surface area (TPSA) is 156 Å². The molecule has 0 aliphatic heterocycles. The molecule has 0 aliphatic rings. The lowest BCUT2D eigenvalue weighted by Gasteiger charge is -2.28. The highest BCUT2D eigenvalue weighted by molar-refractivity contribution is 7.70. The van der Waals surface area contributed by atoms with E-state index in [9.17, 15) is 13.9 Å². The summed E-state index contributed by atoms with van der Waals surface area (Å²) < 4.78 is 21.8. The fraction of sp³-hybridized carbons (Fsp3) is 0.800. The van der Waals surface area contributed by atoms with E-state index in [-0.39, 0.29) is 6.54 Å². The molecule has 0 unspecified atom stereocenters. The third-order valence-corrected chi connectivity index (χ3v) is 5.47. The Morgan fingerprint density at radius 2 is 1.56 bits per heavy atom. The van der Waals surface area contributed by atoms with Crippen LogP contribution in [0.2, 0.25) is 0 Å². The van der Waals surface area contributed by atoms with Crippen LogP contribution in [0.25, 0.3) is 0 Å². The van der Waals surface area contributed by atoms with Crippen LogP contribution in [0.5, 0.6) is 0 Å². The summed E-state index contributed by atoms with van der Waals surface area (Å²) in [6.45, 7) is -0.379. The predicted octanol–water partition coefficient (Wildman–Crippen LogP) is -0.968. The van der Waals surface area contributed by atoms with Crippen LogP contribution in [0.4, 0.5) is 0 Å². The van der Waals surface area contributed by atoms with Gasteiger partial charge in [0.2, 0.25) is 5.52 Å². The molecule has 5 N–H and O–H groups in total. The highest BCUT2D eigenvalue weighted by Gasteiger charge is 2.46. The number of aliphatic carboxylic acids is 1. The Hall–Kier alpha value is -0.270. The Balaban J connectivity index is 4.87. The van der Waals surface area contributed by atoms with Gasteiger partial charge in [0.1, 0.15) is 0 Å². The largest absolute Gasteiger partial charge is 0.481 e. The van der Waals surface area contributed by atoms with E-state index in [2.05, 4.69) is 0 Å². The fourth-order valence-corrected chi connectivity index (χ4v) is 3.92. The van der Waals surface area contributed by atoms with E-state index >= 15 is 0 Å². The second-order valence-corrected chi connectivity index (χ2v) is 6.89. The number of carboxylic acid groups (broad SMARTS) is 1. The lowest BCUT2D eigenvalue weighted by Crippen LogP contribution is -2.33. The molecule has 0 rings (SSSR count). The highest BCUT2D eigenvalue weighted by atomic mass is 31.2. The molecular formula is C5H13NO8P2. The maximum Gasteiger partial charge on any atom is 0.354 e. The van der Waals surface area contributed by atoms with Gasteiger partial charge >= 0.3 is 21.2 Å².